The van der Waals surface area contributed by atoms with Gasteiger partial charge in [-0.25, -0.2) is 13.8 Å². The lowest BCUT2D eigenvalue weighted by Crippen LogP contribution is -2.44. The van der Waals surface area contributed by atoms with Crippen LogP contribution >= 0.6 is 0 Å². The summed E-state index contributed by atoms with van der Waals surface area (Å²) in [6, 6.07) is 7.28. The number of benzene rings is 1. The van der Waals surface area contributed by atoms with Crippen molar-refractivity contribution in [3.05, 3.63) is 53.1 Å². The molecule has 0 radical (unpaired) electrons. The Bertz CT molecular complexity index is 1070. The van der Waals surface area contributed by atoms with E-state index in [4.69, 9.17) is 4.74 Å². The number of amides is 1. The maximum atomic E-state index is 13.4. The number of alkyl halides is 2. The summed E-state index contributed by atoms with van der Waals surface area (Å²) in [5.74, 6) is 0.756. The number of ether oxygens (including phenoxy) is 1. The Morgan fingerprint density at radius 3 is 2.45 bits per heavy atom. The van der Waals surface area contributed by atoms with Crippen LogP contribution in [0.4, 0.5) is 8.78 Å². The molecule has 1 aliphatic rings. The molecule has 2 aromatic heterocycles. The number of hydrogen-bond donors (Lipinski definition) is 0. The summed E-state index contributed by atoms with van der Waals surface area (Å²) in [5.41, 5.74) is 2.51. The number of halogens is 2. The van der Waals surface area contributed by atoms with E-state index in [1.54, 1.807) is 11.8 Å². The summed E-state index contributed by atoms with van der Waals surface area (Å²) in [5, 5.41) is 3.82. The summed E-state index contributed by atoms with van der Waals surface area (Å²) < 4.78 is 33.8. The van der Waals surface area contributed by atoms with E-state index in [9.17, 15) is 13.6 Å². The predicted octanol–water partition coefficient (Wildman–Crippen LogP) is 3.85. The first-order valence-electron chi connectivity index (χ1n) is 10.3. The minimum Gasteiger partial charge on any atom is -0.481 e. The van der Waals surface area contributed by atoms with Crippen LogP contribution < -0.4 is 4.74 Å². The van der Waals surface area contributed by atoms with Gasteiger partial charge in [-0.3, -0.25) is 4.79 Å². The van der Waals surface area contributed by atoms with Crippen molar-refractivity contribution in [3.8, 4) is 5.75 Å². The van der Waals surface area contributed by atoms with Crippen LogP contribution in [0.25, 0.3) is 5.78 Å². The minimum absolute atomic E-state index is 0.0149. The third kappa shape index (κ3) is 4.50. The van der Waals surface area contributed by atoms with Gasteiger partial charge in [0.2, 0.25) is 0 Å². The summed E-state index contributed by atoms with van der Waals surface area (Å²) in [6.45, 7) is 6.77. The first-order valence-corrected chi connectivity index (χ1v) is 10.3. The van der Waals surface area contributed by atoms with Crippen LogP contribution in [0.15, 0.2) is 30.6 Å². The molecule has 3 heterocycles. The molecule has 0 aliphatic carbocycles. The minimum atomic E-state index is -2.67. The number of aryl methyl sites for hydroxylation is 2. The monoisotopic (exact) mass is 429 g/mol. The van der Waals surface area contributed by atoms with Gasteiger partial charge in [-0.05, 0) is 62.9 Å². The van der Waals surface area contributed by atoms with E-state index in [1.165, 1.54) is 12.4 Å². The standard InChI is InChI=1S/C22H25F2N5O2/c1-13-8-14(2)10-17(9-13)31-15(3)21(30)28-6-4-16(5-7-28)18-11-19(20(23)24)29-22(27-18)25-12-26-29/h8-12,15-16,20H,4-7H2,1-3H3. The smallest absolute Gasteiger partial charge is 0.280 e. The zero-order valence-electron chi connectivity index (χ0n) is 17.8. The highest BCUT2D eigenvalue weighted by Crippen LogP contribution is 2.30. The molecule has 4 rings (SSSR count). The molecule has 1 fully saturated rings. The predicted molar refractivity (Wildman–Crippen MR) is 110 cm³/mol. The van der Waals surface area contributed by atoms with Crippen molar-refractivity contribution in [1.29, 1.82) is 0 Å². The number of rotatable bonds is 5. The van der Waals surface area contributed by atoms with Crippen LogP contribution in [-0.4, -0.2) is 49.6 Å². The Labute approximate surface area is 179 Å². The summed E-state index contributed by atoms with van der Waals surface area (Å²) in [4.78, 5) is 23.0. The lowest BCUT2D eigenvalue weighted by Gasteiger charge is -2.33. The van der Waals surface area contributed by atoms with Crippen LogP contribution in [0, 0.1) is 13.8 Å². The van der Waals surface area contributed by atoms with Crippen LogP contribution in [0.3, 0.4) is 0 Å². The number of carbonyl (C=O) groups is 1. The summed E-state index contributed by atoms with van der Waals surface area (Å²) in [7, 11) is 0. The quantitative estimate of drug-likeness (QED) is 0.616. The van der Waals surface area contributed by atoms with E-state index >= 15 is 0 Å². The molecule has 1 unspecified atom stereocenters. The molecular formula is C22H25F2N5O2. The number of fused-ring (bicyclic) bond motifs is 1. The second kappa shape index (κ2) is 8.56. The first-order chi connectivity index (χ1) is 14.8. The summed E-state index contributed by atoms with van der Waals surface area (Å²) >= 11 is 0. The zero-order valence-corrected chi connectivity index (χ0v) is 17.8. The zero-order chi connectivity index (χ0) is 22.1. The van der Waals surface area contributed by atoms with Crippen molar-refractivity contribution in [3.63, 3.8) is 0 Å². The summed E-state index contributed by atoms with van der Waals surface area (Å²) in [6.07, 6.45) is -0.773. The molecule has 1 amide bonds. The Morgan fingerprint density at radius 1 is 1.13 bits per heavy atom. The SMILES string of the molecule is Cc1cc(C)cc(OC(C)C(=O)N2CCC(c3cc(C(F)F)n4ncnc4n3)CC2)c1. The lowest BCUT2D eigenvalue weighted by atomic mass is 9.92. The molecule has 0 saturated carbocycles. The van der Waals surface area contributed by atoms with Gasteiger partial charge in [-0.15, -0.1) is 0 Å². The molecule has 1 aliphatic heterocycles. The number of nitrogens with zero attached hydrogens (tertiary/aromatic N) is 5. The number of piperidine rings is 1. The van der Waals surface area contributed by atoms with Crippen LogP contribution in [0.1, 0.15) is 54.6 Å². The maximum absolute atomic E-state index is 13.4. The number of hydrogen-bond acceptors (Lipinski definition) is 5. The third-order valence-corrected chi connectivity index (χ3v) is 5.60. The highest BCUT2D eigenvalue weighted by atomic mass is 19.3. The van der Waals surface area contributed by atoms with Gasteiger partial charge in [0, 0.05) is 24.7 Å². The first kappa shape index (κ1) is 21.1. The molecule has 3 aromatic rings. The molecule has 0 spiro atoms. The number of carbonyl (C=O) groups excluding carboxylic acids is 1. The molecule has 1 atom stereocenters. The van der Waals surface area contributed by atoms with Gasteiger partial charge in [-0.1, -0.05) is 6.07 Å². The molecule has 0 bridgehead atoms. The fraction of sp³-hybridized carbons (Fsp3) is 0.455. The Morgan fingerprint density at radius 2 is 1.81 bits per heavy atom. The van der Waals surface area contributed by atoms with Gasteiger partial charge < -0.3 is 9.64 Å². The van der Waals surface area contributed by atoms with Gasteiger partial charge in [-0.2, -0.15) is 14.6 Å². The second-order valence-corrected chi connectivity index (χ2v) is 8.06. The lowest BCUT2D eigenvalue weighted by molar-refractivity contribution is -0.139. The van der Waals surface area contributed by atoms with E-state index in [2.05, 4.69) is 21.1 Å². The van der Waals surface area contributed by atoms with Crippen molar-refractivity contribution >= 4 is 11.7 Å². The van der Waals surface area contributed by atoms with E-state index in [0.717, 1.165) is 15.6 Å². The van der Waals surface area contributed by atoms with Crippen molar-refractivity contribution in [1.82, 2.24) is 24.5 Å². The topological polar surface area (TPSA) is 72.6 Å². The van der Waals surface area contributed by atoms with Gasteiger partial charge in [0.15, 0.2) is 6.10 Å². The molecule has 164 valence electrons. The second-order valence-electron chi connectivity index (χ2n) is 8.06. The largest absolute Gasteiger partial charge is 0.481 e. The molecule has 9 heteroatoms. The third-order valence-electron chi connectivity index (χ3n) is 5.60. The van der Waals surface area contributed by atoms with Gasteiger partial charge in [0.05, 0.1) is 0 Å². The van der Waals surface area contributed by atoms with Crippen molar-refractivity contribution < 1.29 is 18.3 Å². The highest BCUT2D eigenvalue weighted by molar-refractivity contribution is 5.81. The van der Waals surface area contributed by atoms with Crippen LogP contribution in [-0.2, 0) is 4.79 Å². The molecular weight excluding hydrogens is 404 g/mol. The van der Waals surface area contributed by atoms with Crippen molar-refractivity contribution in [2.45, 2.75) is 52.1 Å². The fourth-order valence-corrected chi connectivity index (χ4v) is 4.13. The Kier molecular flexibility index (Phi) is 5.84. The van der Waals surface area contributed by atoms with Crippen molar-refractivity contribution in [2.24, 2.45) is 0 Å². The van der Waals surface area contributed by atoms with E-state index in [-0.39, 0.29) is 23.3 Å². The van der Waals surface area contributed by atoms with Crippen LogP contribution in [0.5, 0.6) is 5.75 Å². The van der Waals surface area contributed by atoms with E-state index in [0.29, 0.717) is 37.4 Å². The van der Waals surface area contributed by atoms with Crippen LogP contribution in [0.2, 0.25) is 0 Å². The Hall–Kier alpha value is -3.10. The molecule has 0 N–H and O–H groups in total. The molecule has 1 aromatic carbocycles. The highest BCUT2D eigenvalue weighted by Gasteiger charge is 2.29. The Balaban J connectivity index is 1.41. The number of aromatic nitrogens is 4. The number of likely N-dealkylation sites (tertiary alicyclic amines) is 1. The normalized spacial score (nSPS) is 16.1. The van der Waals surface area contributed by atoms with Crippen molar-refractivity contribution in [2.75, 3.05) is 13.1 Å². The maximum Gasteiger partial charge on any atom is 0.280 e. The molecule has 1 saturated heterocycles. The fourth-order valence-electron chi connectivity index (χ4n) is 4.13. The van der Waals surface area contributed by atoms with Gasteiger partial charge >= 0.3 is 0 Å². The van der Waals surface area contributed by atoms with E-state index < -0.39 is 12.5 Å². The molecule has 7 nitrogen and oxygen atoms in total. The molecule has 31 heavy (non-hydrogen) atoms. The van der Waals surface area contributed by atoms with Gasteiger partial charge in [0.25, 0.3) is 18.1 Å². The average Bonchev–Trinajstić information content (AvgIpc) is 3.20. The van der Waals surface area contributed by atoms with Gasteiger partial charge in [0.1, 0.15) is 17.8 Å². The average molecular weight is 429 g/mol. The van der Waals surface area contributed by atoms with E-state index in [1.807, 2.05) is 26.0 Å².